The Morgan fingerprint density at radius 1 is 1.31 bits per heavy atom. The van der Waals surface area contributed by atoms with Crippen molar-refractivity contribution >= 4 is 23.0 Å². The first-order valence-electron chi connectivity index (χ1n) is 5.85. The molecule has 0 aliphatic carbocycles. The van der Waals surface area contributed by atoms with Crippen LogP contribution in [0.3, 0.4) is 0 Å². The molecule has 0 saturated heterocycles. The number of anilines is 1. The molecular formula is C13H20N2S. The van der Waals surface area contributed by atoms with Crippen LogP contribution >= 0.6 is 12.2 Å². The van der Waals surface area contributed by atoms with E-state index in [1.807, 2.05) is 30.3 Å². The molecule has 0 aliphatic heterocycles. The normalized spacial score (nSPS) is 11.9. The summed E-state index contributed by atoms with van der Waals surface area (Å²) >= 11 is 5.24. The molecule has 0 aromatic heterocycles. The summed E-state index contributed by atoms with van der Waals surface area (Å²) in [7, 11) is 0. The molecule has 1 aromatic rings. The maximum atomic E-state index is 5.24. The molecule has 1 aromatic carbocycles. The molecule has 0 amide bonds. The Morgan fingerprint density at radius 2 is 2.00 bits per heavy atom. The molecule has 2 nitrogen and oxygen atoms in total. The first kappa shape index (κ1) is 13.0. The topological polar surface area (TPSA) is 24.1 Å². The van der Waals surface area contributed by atoms with Crippen LogP contribution in [-0.4, -0.2) is 11.2 Å². The molecule has 0 saturated carbocycles. The zero-order valence-corrected chi connectivity index (χ0v) is 10.8. The second-order valence-electron chi connectivity index (χ2n) is 4.01. The lowest BCUT2D eigenvalue weighted by molar-refractivity contribution is 0.573. The maximum Gasteiger partial charge on any atom is 0.170 e. The second-order valence-corrected chi connectivity index (χ2v) is 4.42. The third-order valence-corrected chi connectivity index (χ3v) is 2.62. The quantitative estimate of drug-likeness (QED) is 0.765. The largest absolute Gasteiger partial charge is 0.360 e. The van der Waals surface area contributed by atoms with E-state index in [0.29, 0.717) is 11.2 Å². The Hall–Kier alpha value is -1.09. The highest BCUT2D eigenvalue weighted by atomic mass is 32.1. The van der Waals surface area contributed by atoms with Gasteiger partial charge in [0.1, 0.15) is 0 Å². The van der Waals surface area contributed by atoms with Gasteiger partial charge in [0.2, 0.25) is 0 Å². The molecule has 0 bridgehead atoms. The monoisotopic (exact) mass is 236 g/mol. The molecule has 0 heterocycles. The van der Waals surface area contributed by atoms with E-state index in [2.05, 4.69) is 24.5 Å². The van der Waals surface area contributed by atoms with E-state index in [4.69, 9.17) is 12.2 Å². The van der Waals surface area contributed by atoms with E-state index < -0.39 is 0 Å². The molecule has 3 heteroatoms. The van der Waals surface area contributed by atoms with E-state index in [1.165, 1.54) is 12.8 Å². The van der Waals surface area contributed by atoms with Crippen molar-refractivity contribution < 1.29 is 0 Å². The van der Waals surface area contributed by atoms with Gasteiger partial charge in [-0.1, -0.05) is 38.0 Å². The fraction of sp³-hybridized carbons (Fsp3) is 0.462. The summed E-state index contributed by atoms with van der Waals surface area (Å²) in [5, 5.41) is 7.16. The van der Waals surface area contributed by atoms with Gasteiger partial charge in [-0.05, 0) is 37.7 Å². The third-order valence-electron chi connectivity index (χ3n) is 2.40. The van der Waals surface area contributed by atoms with Gasteiger partial charge >= 0.3 is 0 Å². The molecule has 16 heavy (non-hydrogen) atoms. The fourth-order valence-corrected chi connectivity index (χ4v) is 1.81. The SMILES string of the molecule is CCCC[C@H](C)NC(=S)Nc1ccccc1. The average Bonchev–Trinajstić information content (AvgIpc) is 2.27. The van der Waals surface area contributed by atoms with Crippen LogP contribution in [0.2, 0.25) is 0 Å². The summed E-state index contributed by atoms with van der Waals surface area (Å²) in [6.45, 7) is 4.36. The van der Waals surface area contributed by atoms with Crippen LogP contribution in [0.1, 0.15) is 33.1 Å². The lowest BCUT2D eigenvalue weighted by atomic mass is 10.1. The van der Waals surface area contributed by atoms with Crippen molar-refractivity contribution in [2.24, 2.45) is 0 Å². The molecule has 88 valence electrons. The van der Waals surface area contributed by atoms with Gasteiger partial charge in [0.05, 0.1) is 0 Å². The molecule has 0 radical (unpaired) electrons. The van der Waals surface area contributed by atoms with E-state index in [1.54, 1.807) is 0 Å². The highest BCUT2D eigenvalue weighted by Crippen LogP contribution is 2.05. The van der Waals surface area contributed by atoms with Crippen LogP contribution in [0, 0.1) is 0 Å². The van der Waals surface area contributed by atoms with Gasteiger partial charge in [0.15, 0.2) is 5.11 Å². The number of rotatable bonds is 5. The predicted molar refractivity (Wildman–Crippen MR) is 74.8 cm³/mol. The van der Waals surface area contributed by atoms with Crippen molar-refractivity contribution in [1.82, 2.24) is 5.32 Å². The van der Waals surface area contributed by atoms with E-state index in [-0.39, 0.29) is 0 Å². The number of unbranched alkanes of at least 4 members (excludes halogenated alkanes) is 1. The van der Waals surface area contributed by atoms with Gasteiger partial charge in [-0.2, -0.15) is 0 Å². The Kier molecular flexibility index (Phi) is 5.86. The smallest absolute Gasteiger partial charge is 0.170 e. The molecule has 0 aliphatic rings. The lowest BCUT2D eigenvalue weighted by Gasteiger charge is -2.16. The number of para-hydroxylation sites is 1. The number of benzene rings is 1. The summed E-state index contributed by atoms with van der Waals surface area (Å²) in [5.41, 5.74) is 1.03. The average molecular weight is 236 g/mol. The Morgan fingerprint density at radius 3 is 2.62 bits per heavy atom. The zero-order valence-electron chi connectivity index (χ0n) is 9.99. The summed E-state index contributed by atoms with van der Waals surface area (Å²) in [5.74, 6) is 0. The van der Waals surface area contributed by atoms with E-state index in [9.17, 15) is 0 Å². The Labute approximate surface area is 103 Å². The molecule has 2 N–H and O–H groups in total. The van der Waals surface area contributed by atoms with Gasteiger partial charge in [-0.25, -0.2) is 0 Å². The van der Waals surface area contributed by atoms with Crippen molar-refractivity contribution in [3.05, 3.63) is 30.3 Å². The lowest BCUT2D eigenvalue weighted by Crippen LogP contribution is -2.35. The fourth-order valence-electron chi connectivity index (χ4n) is 1.49. The van der Waals surface area contributed by atoms with Crippen molar-refractivity contribution in [3.63, 3.8) is 0 Å². The minimum absolute atomic E-state index is 0.434. The highest BCUT2D eigenvalue weighted by molar-refractivity contribution is 7.80. The third kappa shape index (κ3) is 5.12. The summed E-state index contributed by atoms with van der Waals surface area (Å²) < 4.78 is 0. The van der Waals surface area contributed by atoms with E-state index >= 15 is 0 Å². The van der Waals surface area contributed by atoms with Crippen LogP contribution in [0.25, 0.3) is 0 Å². The molecule has 0 unspecified atom stereocenters. The Balaban J connectivity index is 2.31. The standard InChI is InChI=1S/C13H20N2S/c1-3-4-8-11(2)14-13(16)15-12-9-6-5-7-10-12/h5-7,9-11H,3-4,8H2,1-2H3,(H2,14,15,16)/t11-/m0/s1. The van der Waals surface area contributed by atoms with Crippen molar-refractivity contribution in [3.8, 4) is 0 Å². The summed E-state index contributed by atoms with van der Waals surface area (Å²) in [4.78, 5) is 0. The molecule has 1 atom stereocenters. The van der Waals surface area contributed by atoms with Crippen molar-refractivity contribution in [2.75, 3.05) is 5.32 Å². The summed E-state index contributed by atoms with van der Waals surface area (Å²) in [6, 6.07) is 10.4. The van der Waals surface area contributed by atoms with Crippen LogP contribution < -0.4 is 10.6 Å². The maximum absolute atomic E-state index is 5.24. The summed E-state index contributed by atoms with van der Waals surface area (Å²) in [6.07, 6.45) is 3.63. The number of hydrogen-bond acceptors (Lipinski definition) is 1. The second kappa shape index (κ2) is 7.23. The van der Waals surface area contributed by atoms with Gasteiger partial charge in [0.25, 0.3) is 0 Å². The Bertz CT molecular complexity index is 311. The number of hydrogen-bond donors (Lipinski definition) is 2. The first-order valence-corrected chi connectivity index (χ1v) is 6.25. The predicted octanol–water partition coefficient (Wildman–Crippen LogP) is 3.55. The van der Waals surface area contributed by atoms with Crippen LogP contribution in [0.15, 0.2) is 30.3 Å². The molecule has 1 rings (SSSR count). The first-order chi connectivity index (χ1) is 7.72. The van der Waals surface area contributed by atoms with Gasteiger partial charge in [0, 0.05) is 11.7 Å². The van der Waals surface area contributed by atoms with Crippen molar-refractivity contribution in [1.29, 1.82) is 0 Å². The van der Waals surface area contributed by atoms with Gasteiger partial charge in [-0.15, -0.1) is 0 Å². The molecule has 0 fully saturated rings. The number of nitrogens with one attached hydrogen (secondary N) is 2. The van der Waals surface area contributed by atoms with Gasteiger partial charge < -0.3 is 10.6 Å². The molecular weight excluding hydrogens is 216 g/mol. The highest BCUT2D eigenvalue weighted by Gasteiger charge is 2.03. The van der Waals surface area contributed by atoms with Crippen molar-refractivity contribution in [2.45, 2.75) is 39.2 Å². The minimum Gasteiger partial charge on any atom is -0.360 e. The van der Waals surface area contributed by atoms with E-state index in [0.717, 1.165) is 12.1 Å². The van der Waals surface area contributed by atoms with Gasteiger partial charge in [-0.3, -0.25) is 0 Å². The zero-order chi connectivity index (χ0) is 11.8. The van der Waals surface area contributed by atoms with Crippen LogP contribution in [0.5, 0.6) is 0 Å². The van der Waals surface area contributed by atoms with Crippen LogP contribution in [-0.2, 0) is 0 Å². The molecule has 0 spiro atoms. The minimum atomic E-state index is 0.434. The number of thiocarbonyl (C=S) groups is 1. The van der Waals surface area contributed by atoms with Crippen LogP contribution in [0.4, 0.5) is 5.69 Å².